The van der Waals surface area contributed by atoms with E-state index in [1.165, 1.54) is 0 Å². The Hall–Kier alpha value is 3.64. The molecule has 0 atom stereocenters. The van der Waals surface area contributed by atoms with Crippen molar-refractivity contribution in [1.82, 2.24) is 0 Å². The van der Waals surface area contributed by atoms with E-state index in [4.69, 9.17) is 35.0 Å². The molecule has 0 rings (SSSR count). The molecule has 70 valence electrons. The zero-order valence-corrected chi connectivity index (χ0v) is 9.55. The van der Waals surface area contributed by atoms with Gasteiger partial charge in [0.2, 0.25) is 0 Å². The van der Waals surface area contributed by atoms with Crippen molar-refractivity contribution in [2.75, 3.05) is 0 Å². The van der Waals surface area contributed by atoms with E-state index in [1.54, 1.807) is 0 Å². The van der Waals surface area contributed by atoms with Crippen LogP contribution in [0, 0.1) is 0 Å². The molecule has 0 spiro atoms. The molecule has 0 unspecified atom stereocenters. The Morgan fingerprint density at radius 1 is 0.615 bits per heavy atom. The fraction of sp³-hybridized carbons (Fsp3) is 0. The van der Waals surface area contributed by atoms with Crippen LogP contribution in [0.2, 0.25) is 0 Å². The van der Waals surface area contributed by atoms with Gasteiger partial charge in [0.1, 0.15) is 0 Å². The van der Waals surface area contributed by atoms with Gasteiger partial charge < -0.3 is 0 Å². The van der Waals surface area contributed by atoms with E-state index < -0.39 is 20.8 Å². The summed E-state index contributed by atoms with van der Waals surface area (Å²) in [7, 11) is -9.33. The molecule has 0 radical (unpaired) electrons. The molecule has 0 saturated carbocycles. The normalized spacial score (nSPS) is 8.92. The Balaban J connectivity index is -0.0000000267. The zero-order chi connectivity index (χ0) is 9.00. The molecule has 0 fully saturated rings. The Labute approximate surface area is 173 Å². The summed E-state index contributed by atoms with van der Waals surface area (Å²) < 4.78 is 63.2. The van der Waals surface area contributed by atoms with Crippen molar-refractivity contribution in [1.29, 1.82) is 0 Å². The fourth-order valence-corrected chi connectivity index (χ4v) is 0. The van der Waals surface area contributed by atoms with Crippen molar-refractivity contribution in [2.45, 2.75) is 0 Å². The molecule has 4 N–H and O–H groups in total. The molecular formula is H6K2O8S2Zn. The van der Waals surface area contributed by atoms with Crippen LogP contribution in [0.5, 0.6) is 0 Å². The summed E-state index contributed by atoms with van der Waals surface area (Å²) in [6.45, 7) is 0. The van der Waals surface area contributed by atoms with E-state index in [-0.39, 0.29) is 122 Å². The Bertz CT molecular complexity index is 217. The van der Waals surface area contributed by atoms with Crippen LogP contribution in [0.1, 0.15) is 0 Å². The van der Waals surface area contributed by atoms with Crippen molar-refractivity contribution in [3.05, 3.63) is 0 Å². The maximum absolute atomic E-state index is 8.74. The molecule has 0 aromatic carbocycles. The average Bonchev–Trinajstić information content (AvgIpc) is 1.12. The summed E-state index contributed by atoms with van der Waals surface area (Å²) in [4.78, 5) is 0. The van der Waals surface area contributed by atoms with Gasteiger partial charge in [-0.3, -0.25) is 18.2 Å². The van der Waals surface area contributed by atoms with Crippen LogP contribution in [-0.2, 0) is 40.3 Å². The first kappa shape index (κ1) is 30.0. The van der Waals surface area contributed by atoms with Crippen molar-refractivity contribution in [3.63, 3.8) is 0 Å². The quantitative estimate of drug-likeness (QED) is 0.276. The summed E-state index contributed by atoms with van der Waals surface area (Å²) >= 11 is 0. The second-order valence-corrected chi connectivity index (χ2v) is 2.69. The molecule has 0 aliphatic heterocycles. The van der Waals surface area contributed by atoms with Crippen LogP contribution in [0.4, 0.5) is 0 Å². The molecule has 0 aliphatic rings. The number of hydrogen-bond donors (Lipinski definition) is 4. The third-order valence-corrected chi connectivity index (χ3v) is 0. The van der Waals surface area contributed by atoms with Gasteiger partial charge in [-0.25, -0.2) is 0 Å². The van der Waals surface area contributed by atoms with Gasteiger partial charge in [-0.05, 0) is 0 Å². The smallest absolute Gasteiger partial charge is 0 e. The molecule has 0 aromatic heterocycles. The van der Waals surface area contributed by atoms with Crippen LogP contribution in [0.3, 0.4) is 0 Å². The van der Waals surface area contributed by atoms with Crippen molar-refractivity contribution in [3.8, 4) is 0 Å². The topological polar surface area (TPSA) is 149 Å². The summed E-state index contributed by atoms with van der Waals surface area (Å²) in [5.74, 6) is 0. The van der Waals surface area contributed by atoms with Gasteiger partial charge in [0, 0.05) is 19.5 Å². The van der Waals surface area contributed by atoms with Crippen molar-refractivity contribution < 1.29 is 54.5 Å². The molecule has 0 amide bonds. The standard InChI is InChI=1S/2K.2H2O4S.Zn.2H/c;;2*1-5(2,3)4;;;/h;;2*(H2,1,2,3,4);;;. The molecule has 0 aliphatic carbocycles. The van der Waals surface area contributed by atoms with Gasteiger partial charge in [0.15, 0.2) is 0 Å². The monoisotopic (exact) mass is 340 g/mol. The summed E-state index contributed by atoms with van der Waals surface area (Å²) in [5.41, 5.74) is 0. The van der Waals surface area contributed by atoms with Gasteiger partial charge in [-0.15, -0.1) is 0 Å². The van der Waals surface area contributed by atoms with Crippen LogP contribution < -0.4 is 0 Å². The molecule has 0 heterocycles. The van der Waals surface area contributed by atoms with E-state index in [2.05, 4.69) is 0 Å². The van der Waals surface area contributed by atoms with Crippen LogP contribution >= 0.6 is 0 Å². The predicted octanol–water partition coefficient (Wildman–Crippen LogP) is -2.61. The first-order valence-corrected chi connectivity index (χ1v) is 4.19. The third-order valence-electron chi connectivity index (χ3n) is 0. The van der Waals surface area contributed by atoms with E-state index in [0.29, 0.717) is 0 Å². The van der Waals surface area contributed by atoms with E-state index >= 15 is 0 Å². The Kier molecular flexibility index (Phi) is 31.7. The van der Waals surface area contributed by atoms with Crippen LogP contribution in [0.25, 0.3) is 0 Å². The minimum atomic E-state index is -4.67. The Morgan fingerprint density at radius 3 is 0.615 bits per heavy atom. The molecule has 0 aromatic rings. The molecule has 8 nitrogen and oxygen atoms in total. The molecule has 13 heteroatoms. The van der Waals surface area contributed by atoms with E-state index in [1.807, 2.05) is 0 Å². The molecular weight excluding hydrogens is 336 g/mol. The molecule has 0 bridgehead atoms. The van der Waals surface area contributed by atoms with E-state index in [9.17, 15) is 0 Å². The minimum absolute atomic E-state index is 0. The van der Waals surface area contributed by atoms with Crippen LogP contribution in [-0.4, -0.2) is 138 Å². The first-order chi connectivity index (χ1) is 4.00. The average molecular weight is 342 g/mol. The zero-order valence-electron chi connectivity index (χ0n) is 4.95. The third kappa shape index (κ3) is 220. The van der Waals surface area contributed by atoms with Crippen molar-refractivity contribution in [2.24, 2.45) is 0 Å². The van der Waals surface area contributed by atoms with E-state index in [0.717, 1.165) is 0 Å². The van der Waals surface area contributed by atoms with Crippen molar-refractivity contribution >= 4 is 124 Å². The Morgan fingerprint density at radius 2 is 0.615 bits per heavy atom. The van der Waals surface area contributed by atoms with Crippen LogP contribution in [0.15, 0.2) is 0 Å². The minimum Gasteiger partial charge on any atom is 0 e. The fourth-order valence-electron chi connectivity index (χ4n) is 0. The predicted molar refractivity (Wildman–Crippen MR) is 42.7 cm³/mol. The summed E-state index contributed by atoms with van der Waals surface area (Å²) in [5, 5.41) is 0. The summed E-state index contributed by atoms with van der Waals surface area (Å²) in [6.07, 6.45) is 0. The van der Waals surface area contributed by atoms with Gasteiger partial charge in [0.05, 0.1) is 0 Å². The first-order valence-electron chi connectivity index (χ1n) is 1.40. The van der Waals surface area contributed by atoms with Gasteiger partial charge in [0.25, 0.3) is 0 Å². The van der Waals surface area contributed by atoms with Gasteiger partial charge in [-0.2, -0.15) is 16.8 Å². The molecule has 0 saturated heterocycles. The maximum Gasteiger partial charge on any atom is 0 e. The van der Waals surface area contributed by atoms with Gasteiger partial charge >= 0.3 is 124 Å². The molecule has 13 heavy (non-hydrogen) atoms. The number of rotatable bonds is 0. The second-order valence-electron chi connectivity index (χ2n) is 0.896. The maximum atomic E-state index is 8.74. The van der Waals surface area contributed by atoms with Gasteiger partial charge in [-0.1, -0.05) is 0 Å². The largest absolute Gasteiger partial charge is 0 e. The number of hydrogen-bond acceptors (Lipinski definition) is 4. The second kappa shape index (κ2) is 13.7. The summed E-state index contributed by atoms with van der Waals surface area (Å²) in [6, 6.07) is 0. The SMILES string of the molecule is O=S(=O)(O)O.O=S(=O)(O)O.[KH].[KH].[Zn].